The summed E-state index contributed by atoms with van der Waals surface area (Å²) in [4.78, 5) is 18.4. The van der Waals surface area contributed by atoms with Crippen LogP contribution in [-0.2, 0) is 33.3 Å². The van der Waals surface area contributed by atoms with Crippen LogP contribution in [0.25, 0.3) is 0 Å². The Hall–Kier alpha value is -3.10. The van der Waals surface area contributed by atoms with Gasteiger partial charge >= 0.3 is 0 Å². The van der Waals surface area contributed by atoms with Crippen molar-refractivity contribution in [1.29, 1.82) is 0 Å². The summed E-state index contributed by atoms with van der Waals surface area (Å²) in [5, 5.41) is 0. The van der Waals surface area contributed by atoms with Crippen molar-refractivity contribution in [1.82, 2.24) is 9.29 Å². The minimum absolute atomic E-state index is 0.0663. The summed E-state index contributed by atoms with van der Waals surface area (Å²) in [6.45, 7) is 3.75. The van der Waals surface area contributed by atoms with Crippen molar-refractivity contribution >= 4 is 21.6 Å². The minimum Gasteiger partial charge on any atom is -0.314 e. The smallest absolute Gasteiger partial charge is 0.243 e. The van der Waals surface area contributed by atoms with Gasteiger partial charge in [0.1, 0.15) is 5.82 Å². The number of anilines is 1. The Labute approximate surface area is 187 Å². The molecule has 1 aliphatic rings. The summed E-state index contributed by atoms with van der Waals surface area (Å²) >= 11 is 0. The first-order valence-electron chi connectivity index (χ1n) is 10.2. The summed E-state index contributed by atoms with van der Waals surface area (Å²) in [6.07, 6.45) is 3.24. The predicted octanol–water partition coefficient (Wildman–Crippen LogP) is 3.87. The molecule has 1 amide bonds. The third kappa shape index (κ3) is 3.91. The summed E-state index contributed by atoms with van der Waals surface area (Å²) in [5.74, 6) is -0.467. The van der Waals surface area contributed by atoms with Gasteiger partial charge in [0.2, 0.25) is 15.9 Å². The Bertz CT molecular complexity index is 1260. The van der Waals surface area contributed by atoms with E-state index in [-0.39, 0.29) is 29.7 Å². The number of rotatable bonds is 6. The second-order valence-electron chi connectivity index (χ2n) is 8.43. The predicted molar refractivity (Wildman–Crippen MR) is 120 cm³/mol. The Kier molecular flexibility index (Phi) is 5.60. The summed E-state index contributed by atoms with van der Waals surface area (Å²) in [5.41, 5.74) is 1.95. The first-order chi connectivity index (χ1) is 15.1. The molecule has 2 aromatic carbocycles. The van der Waals surface area contributed by atoms with Crippen LogP contribution in [-0.4, -0.2) is 30.7 Å². The Morgan fingerprint density at radius 2 is 1.72 bits per heavy atom. The maximum atomic E-state index is 13.7. The molecule has 0 saturated heterocycles. The number of hydrogen-bond acceptors (Lipinski definition) is 4. The first kappa shape index (κ1) is 22.1. The maximum Gasteiger partial charge on any atom is 0.243 e. The summed E-state index contributed by atoms with van der Waals surface area (Å²) < 4.78 is 42.1. The standard InChI is InChI=1S/C24H24FN3O3S/c1-24(2)21-13-20(10-11-22(21)27(3)23(24)29)32(30,31)28(16-18-5-4-12-26-14-18)15-17-6-8-19(25)9-7-17/h4-14H,15-16H2,1-3H3. The number of fused-ring (bicyclic) bond motifs is 1. The maximum absolute atomic E-state index is 13.7. The molecule has 0 spiro atoms. The second kappa shape index (κ2) is 8.11. The van der Waals surface area contributed by atoms with Crippen LogP contribution in [0.4, 0.5) is 10.1 Å². The van der Waals surface area contributed by atoms with E-state index in [1.54, 1.807) is 74.6 Å². The zero-order chi connectivity index (χ0) is 23.1. The number of nitrogens with zero attached hydrogens (tertiary/aromatic N) is 3. The third-order valence-corrected chi connectivity index (χ3v) is 7.62. The van der Waals surface area contributed by atoms with E-state index in [4.69, 9.17) is 0 Å². The van der Waals surface area contributed by atoms with Crippen molar-refractivity contribution in [3.05, 3.63) is 89.5 Å². The molecule has 0 saturated carbocycles. The van der Waals surface area contributed by atoms with Crippen molar-refractivity contribution < 1.29 is 17.6 Å². The highest BCUT2D eigenvalue weighted by molar-refractivity contribution is 7.89. The van der Waals surface area contributed by atoms with Gasteiger partial charge in [0, 0.05) is 38.2 Å². The topological polar surface area (TPSA) is 70.6 Å². The van der Waals surface area contributed by atoms with Crippen LogP contribution >= 0.6 is 0 Å². The average molecular weight is 454 g/mol. The number of aromatic nitrogens is 1. The number of amides is 1. The van der Waals surface area contributed by atoms with Crippen LogP contribution in [0, 0.1) is 5.82 Å². The highest BCUT2D eigenvalue weighted by atomic mass is 32.2. The molecule has 0 atom stereocenters. The van der Waals surface area contributed by atoms with Crippen LogP contribution in [0.1, 0.15) is 30.5 Å². The molecule has 0 aliphatic carbocycles. The molecule has 1 aromatic heterocycles. The fourth-order valence-electron chi connectivity index (χ4n) is 3.98. The lowest BCUT2D eigenvalue weighted by atomic mass is 9.86. The Morgan fingerprint density at radius 1 is 1.03 bits per heavy atom. The van der Waals surface area contributed by atoms with Gasteiger partial charge in [-0.15, -0.1) is 0 Å². The van der Waals surface area contributed by atoms with Gasteiger partial charge in [-0.05, 0) is 66.9 Å². The molecule has 4 rings (SSSR count). The monoisotopic (exact) mass is 453 g/mol. The highest BCUT2D eigenvalue weighted by Gasteiger charge is 2.43. The zero-order valence-electron chi connectivity index (χ0n) is 18.1. The van der Waals surface area contributed by atoms with E-state index in [1.807, 2.05) is 0 Å². The molecule has 0 N–H and O–H groups in total. The van der Waals surface area contributed by atoms with Gasteiger partial charge in [-0.25, -0.2) is 12.8 Å². The van der Waals surface area contributed by atoms with Gasteiger partial charge < -0.3 is 4.90 Å². The van der Waals surface area contributed by atoms with Crippen molar-refractivity contribution in [2.45, 2.75) is 37.2 Å². The second-order valence-corrected chi connectivity index (χ2v) is 10.4. The quantitative estimate of drug-likeness (QED) is 0.568. The van der Waals surface area contributed by atoms with Crippen molar-refractivity contribution in [2.75, 3.05) is 11.9 Å². The number of carbonyl (C=O) groups excluding carboxylic acids is 1. The molecule has 3 aromatic rings. The molecular formula is C24H24FN3O3S. The van der Waals surface area contributed by atoms with Gasteiger partial charge in [-0.3, -0.25) is 9.78 Å². The molecule has 6 nitrogen and oxygen atoms in total. The fourth-order valence-corrected chi connectivity index (χ4v) is 5.42. The van der Waals surface area contributed by atoms with E-state index >= 15 is 0 Å². The molecular weight excluding hydrogens is 429 g/mol. The number of likely N-dealkylation sites (N-methyl/N-ethyl adjacent to an activating group) is 1. The van der Waals surface area contributed by atoms with Crippen LogP contribution in [0.5, 0.6) is 0 Å². The Morgan fingerprint density at radius 3 is 2.38 bits per heavy atom. The third-order valence-electron chi connectivity index (χ3n) is 5.83. The molecule has 0 bridgehead atoms. The lowest BCUT2D eigenvalue weighted by molar-refractivity contribution is -0.121. The summed E-state index contributed by atoms with van der Waals surface area (Å²) in [6, 6.07) is 14.1. The van der Waals surface area contributed by atoms with E-state index in [2.05, 4.69) is 4.98 Å². The zero-order valence-corrected chi connectivity index (χ0v) is 18.9. The van der Waals surface area contributed by atoms with Gasteiger partial charge in [0.15, 0.2) is 0 Å². The Balaban J connectivity index is 1.75. The lowest BCUT2D eigenvalue weighted by Gasteiger charge is -2.23. The average Bonchev–Trinajstić information content (AvgIpc) is 2.95. The molecule has 0 radical (unpaired) electrons. The largest absolute Gasteiger partial charge is 0.314 e. The van der Waals surface area contributed by atoms with Crippen molar-refractivity contribution in [2.24, 2.45) is 0 Å². The number of hydrogen-bond donors (Lipinski definition) is 0. The van der Waals surface area contributed by atoms with Gasteiger partial charge in [-0.2, -0.15) is 4.31 Å². The van der Waals surface area contributed by atoms with E-state index in [9.17, 15) is 17.6 Å². The van der Waals surface area contributed by atoms with Crippen LogP contribution in [0.3, 0.4) is 0 Å². The fraction of sp³-hybridized carbons (Fsp3) is 0.250. The molecule has 0 unspecified atom stereocenters. The van der Waals surface area contributed by atoms with Gasteiger partial charge in [-0.1, -0.05) is 18.2 Å². The van der Waals surface area contributed by atoms with E-state index in [0.717, 1.165) is 5.56 Å². The minimum atomic E-state index is -3.93. The normalized spacial score (nSPS) is 15.3. The molecule has 0 fully saturated rings. The van der Waals surface area contributed by atoms with Gasteiger partial charge in [0.25, 0.3) is 0 Å². The molecule has 2 heterocycles. The molecule has 1 aliphatic heterocycles. The van der Waals surface area contributed by atoms with Crippen molar-refractivity contribution in [3.63, 3.8) is 0 Å². The molecule has 8 heteroatoms. The lowest BCUT2D eigenvalue weighted by Crippen LogP contribution is -2.33. The van der Waals surface area contributed by atoms with Crippen LogP contribution in [0.2, 0.25) is 0 Å². The van der Waals surface area contributed by atoms with E-state index < -0.39 is 15.4 Å². The number of benzene rings is 2. The molecule has 166 valence electrons. The number of sulfonamides is 1. The van der Waals surface area contributed by atoms with Crippen molar-refractivity contribution in [3.8, 4) is 0 Å². The first-order valence-corrected chi connectivity index (χ1v) is 11.6. The van der Waals surface area contributed by atoms with E-state index in [0.29, 0.717) is 16.8 Å². The van der Waals surface area contributed by atoms with Gasteiger partial charge in [0.05, 0.1) is 10.3 Å². The van der Waals surface area contributed by atoms with Crippen LogP contribution < -0.4 is 4.90 Å². The number of pyridine rings is 1. The van der Waals surface area contributed by atoms with E-state index in [1.165, 1.54) is 22.5 Å². The number of carbonyl (C=O) groups is 1. The molecule has 32 heavy (non-hydrogen) atoms. The van der Waals surface area contributed by atoms with Crippen LogP contribution in [0.15, 0.2) is 71.9 Å². The number of halogens is 1. The summed E-state index contributed by atoms with van der Waals surface area (Å²) in [7, 11) is -2.24. The highest BCUT2D eigenvalue weighted by Crippen LogP contribution is 2.42. The SMILES string of the molecule is CN1C(=O)C(C)(C)c2cc(S(=O)(=O)N(Cc3ccc(F)cc3)Cc3cccnc3)ccc21.